The van der Waals surface area contributed by atoms with E-state index in [1.54, 1.807) is 0 Å². The molecule has 0 spiro atoms. The van der Waals surface area contributed by atoms with Gasteiger partial charge in [-0.25, -0.2) is 0 Å². The first-order chi connectivity index (χ1) is 29.8. The highest BCUT2D eigenvalue weighted by atomic mass is 16.7. The summed E-state index contributed by atoms with van der Waals surface area (Å²) < 4.78 is 18.0. The summed E-state index contributed by atoms with van der Waals surface area (Å²) in [5.41, 5.74) is 2.04. The number of carbonyl (C=O) groups excluding carboxylic acids is 1. The number of rotatable bonds is 25. The second kappa shape index (κ2) is 25.2. The molecule has 0 aromatic rings. The van der Waals surface area contributed by atoms with E-state index in [9.17, 15) is 20.1 Å². The third-order valence-corrected chi connectivity index (χ3v) is 17.0. The Morgan fingerprint density at radius 2 is 1.50 bits per heavy atom. The molecule has 14 atom stereocenters. The van der Waals surface area contributed by atoms with E-state index in [1.807, 2.05) is 0 Å². The first kappa shape index (κ1) is 51.2. The van der Waals surface area contributed by atoms with Crippen molar-refractivity contribution in [3.63, 3.8) is 0 Å². The number of aliphatic hydroxyl groups is 3. The maximum atomic E-state index is 12.6. The molecule has 1 heterocycles. The molecule has 0 aromatic carbocycles. The summed E-state index contributed by atoms with van der Waals surface area (Å²) in [5.74, 6) is 4.59. The predicted molar refractivity (Wildman–Crippen MR) is 253 cm³/mol. The van der Waals surface area contributed by atoms with Gasteiger partial charge in [-0.3, -0.25) is 4.79 Å². The van der Waals surface area contributed by atoms with Gasteiger partial charge in [-0.2, -0.15) is 0 Å². The first-order valence-corrected chi connectivity index (χ1v) is 26.0. The van der Waals surface area contributed by atoms with Crippen molar-refractivity contribution >= 4 is 5.97 Å². The van der Waals surface area contributed by atoms with Gasteiger partial charge in [-0.15, -0.1) is 0 Å². The van der Waals surface area contributed by atoms with Gasteiger partial charge in [0.1, 0.15) is 31.0 Å². The molecule has 0 aromatic heterocycles. The van der Waals surface area contributed by atoms with Crippen molar-refractivity contribution in [3.05, 3.63) is 48.1 Å². The van der Waals surface area contributed by atoms with Crippen molar-refractivity contribution in [1.82, 2.24) is 0 Å². The van der Waals surface area contributed by atoms with Crippen LogP contribution in [0, 0.1) is 52.3 Å². The molecular formula is C55H92O7. The monoisotopic (exact) mass is 865 g/mol. The Morgan fingerprint density at radius 1 is 0.806 bits per heavy atom. The highest BCUT2D eigenvalue weighted by Gasteiger charge is 2.59. The lowest BCUT2D eigenvalue weighted by Gasteiger charge is -2.58. The lowest BCUT2D eigenvalue weighted by atomic mass is 9.47. The van der Waals surface area contributed by atoms with Gasteiger partial charge in [-0.1, -0.05) is 142 Å². The van der Waals surface area contributed by atoms with Crippen LogP contribution in [0.5, 0.6) is 0 Å². The van der Waals surface area contributed by atoms with Crippen LogP contribution in [0.4, 0.5) is 0 Å². The van der Waals surface area contributed by atoms with Gasteiger partial charge in [0.2, 0.25) is 0 Å². The predicted octanol–water partition coefficient (Wildman–Crippen LogP) is 12.8. The minimum atomic E-state index is -1.45. The lowest BCUT2D eigenvalue weighted by molar-refractivity contribution is -0.313. The summed E-state index contributed by atoms with van der Waals surface area (Å²) in [4.78, 5) is 12.6. The smallest absolute Gasteiger partial charge is 0.305 e. The average Bonchev–Trinajstić information content (AvgIpc) is 3.62. The van der Waals surface area contributed by atoms with Crippen LogP contribution in [0.1, 0.15) is 196 Å². The van der Waals surface area contributed by atoms with E-state index < -0.39 is 30.7 Å². The summed E-state index contributed by atoms with van der Waals surface area (Å²) in [6, 6.07) is 0. The number of unbranched alkanes of at least 4 members (excludes halogenated alkanes) is 10. The van der Waals surface area contributed by atoms with Crippen molar-refractivity contribution in [2.45, 2.75) is 233 Å². The Bertz CT molecular complexity index is 1450. The van der Waals surface area contributed by atoms with Crippen LogP contribution in [0.25, 0.3) is 0 Å². The normalized spacial score (nSPS) is 35.9. The molecule has 3 N–H and O–H groups in total. The Kier molecular flexibility index (Phi) is 20.8. The highest BCUT2D eigenvalue weighted by Crippen LogP contribution is 2.67. The van der Waals surface area contributed by atoms with Crippen LogP contribution in [0.2, 0.25) is 0 Å². The maximum Gasteiger partial charge on any atom is 0.305 e. The zero-order valence-electron chi connectivity index (χ0n) is 40.5. The molecule has 0 amide bonds. The van der Waals surface area contributed by atoms with E-state index in [0.29, 0.717) is 35.5 Å². The number of esters is 1. The number of carbonyl (C=O) groups is 1. The van der Waals surface area contributed by atoms with Crippen LogP contribution < -0.4 is 0 Å². The SMILES string of the molecule is CCCCC/C=C\C/C=C\CCCCCCCCCC(=O)OCC1O[C@@H](O[C@H]2CC[C@@]3(C)C(=CC[C@H]4[C@@H]5CC[C@H]([C@H](C)/C=C/[C@@H](CC)C(C)C)[C@@]5(C)CC[C@@H]43)C2)C(O)C(O)[C@@H]1O. The van der Waals surface area contributed by atoms with Crippen LogP contribution in [0.15, 0.2) is 48.1 Å². The average molecular weight is 865 g/mol. The van der Waals surface area contributed by atoms with Gasteiger partial charge in [0.05, 0.1) is 6.10 Å². The van der Waals surface area contributed by atoms with Crippen molar-refractivity contribution in [1.29, 1.82) is 0 Å². The van der Waals surface area contributed by atoms with E-state index >= 15 is 0 Å². The molecule has 7 heteroatoms. The lowest BCUT2D eigenvalue weighted by Crippen LogP contribution is -2.60. The zero-order chi connectivity index (χ0) is 44.7. The molecular weight excluding hydrogens is 773 g/mol. The van der Waals surface area contributed by atoms with Crippen LogP contribution >= 0.6 is 0 Å². The van der Waals surface area contributed by atoms with Gasteiger partial charge in [-0.05, 0) is 149 Å². The Hall–Kier alpha value is -1.77. The van der Waals surface area contributed by atoms with Crippen molar-refractivity contribution in [3.8, 4) is 0 Å². The molecule has 4 fully saturated rings. The summed E-state index contributed by atoms with van der Waals surface area (Å²) >= 11 is 0. The Morgan fingerprint density at radius 3 is 2.19 bits per heavy atom. The minimum Gasteiger partial charge on any atom is -0.463 e. The standard InChI is InChI=1S/C55H92O7/c1-8-10-11-12-13-14-15-16-17-18-19-20-21-22-23-24-25-26-49(56)60-38-48-50(57)51(58)52(59)53(62-48)61-43-33-35-54(6)42(37-43)29-30-44-46-32-31-45(55(46,7)36-34-47(44)54)40(5)27-28-41(9-2)39(3)4/h13-14,16-17,27-29,39-41,43-48,50-53,57-59H,8-12,15,18-26,30-38H2,1-7H3/b14-13-,17-16-,28-27+/t40-,41-,43+,44+,45-,46+,47+,48?,50-,51?,52?,53-,54+,55-/m1/s1. The van der Waals surface area contributed by atoms with E-state index in [2.05, 4.69) is 91.0 Å². The first-order valence-electron chi connectivity index (χ1n) is 26.0. The molecule has 1 aliphatic heterocycles. The molecule has 354 valence electrons. The summed E-state index contributed by atoms with van der Waals surface area (Å²) in [5, 5.41) is 32.6. The third-order valence-electron chi connectivity index (χ3n) is 17.0. The molecule has 5 aliphatic rings. The number of aliphatic hydroxyl groups excluding tert-OH is 3. The van der Waals surface area contributed by atoms with E-state index in [0.717, 1.165) is 75.5 Å². The second-order valence-corrected chi connectivity index (χ2v) is 21.4. The summed E-state index contributed by atoms with van der Waals surface area (Å²) in [6.07, 6.45) is 36.1. The number of ether oxygens (including phenoxy) is 3. The summed E-state index contributed by atoms with van der Waals surface area (Å²) in [6.45, 7) is 16.7. The largest absolute Gasteiger partial charge is 0.463 e. The van der Waals surface area contributed by atoms with Gasteiger partial charge >= 0.3 is 5.97 Å². The van der Waals surface area contributed by atoms with Crippen LogP contribution in [0.3, 0.4) is 0 Å². The topological polar surface area (TPSA) is 105 Å². The highest BCUT2D eigenvalue weighted by molar-refractivity contribution is 5.69. The minimum absolute atomic E-state index is 0.152. The number of fused-ring (bicyclic) bond motifs is 5. The third kappa shape index (κ3) is 13.4. The molecule has 0 bridgehead atoms. The molecule has 3 saturated carbocycles. The molecule has 5 rings (SSSR count). The number of hydrogen-bond donors (Lipinski definition) is 3. The van der Waals surface area contributed by atoms with E-state index in [1.165, 1.54) is 89.0 Å². The molecule has 1 saturated heterocycles. The molecule has 0 radical (unpaired) electrons. The van der Waals surface area contributed by atoms with E-state index in [-0.39, 0.29) is 24.1 Å². The fourth-order valence-electron chi connectivity index (χ4n) is 13.0. The summed E-state index contributed by atoms with van der Waals surface area (Å²) in [7, 11) is 0. The fourth-order valence-corrected chi connectivity index (χ4v) is 13.0. The van der Waals surface area contributed by atoms with Crippen molar-refractivity contribution < 1.29 is 34.3 Å². The molecule has 3 unspecified atom stereocenters. The van der Waals surface area contributed by atoms with Crippen LogP contribution in [-0.4, -0.2) is 64.7 Å². The van der Waals surface area contributed by atoms with E-state index in [4.69, 9.17) is 14.2 Å². The van der Waals surface area contributed by atoms with Crippen LogP contribution in [-0.2, 0) is 19.0 Å². The molecule has 7 nitrogen and oxygen atoms in total. The Balaban J connectivity index is 1.00. The maximum absolute atomic E-state index is 12.6. The van der Waals surface area contributed by atoms with Crippen molar-refractivity contribution in [2.75, 3.05) is 6.61 Å². The van der Waals surface area contributed by atoms with Crippen molar-refractivity contribution in [2.24, 2.45) is 52.3 Å². The molecule has 62 heavy (non-hydrogen) atoms. The molecule has 4 aliphatic carbocycles. The number of allylic oxidation sites excluding steroid dienone is 7. The van der Waals surface area contributed by atoms with Gasteiger partial charge in [0, 0.05) is 6.42 Å². The fraction of sp³-hybridized carbons (Fsp3) is 0.836. The second-order valence-electron chi connectivity index (χ2n) is 21.4. The van der Waals surface area contributed by atoms with Gasteiger partial charge < -0.3 is 29.5 Å². The number of hydrogen-bond acceptors (Lipinski definition) is 7. The quantitative estimate of drug-likeness (QED) is 0.0477. The van der Waals surface area contributed by atoms with Gasteiger partial charge in [0.25, 0.3) is 0 Å². The zero-order valence-corrected chi connectivity index (χ0v) is 40.5. The van der Waals surface area contributed by atoms with Gasteiger partial charge in [0.15, 0.2) is 6.29 Å². The Labute approximate surface area is 379 Å².